The molecule has 2 N–H and O–H groups in total. The Hall–Kier alpha value is -3.15. The molecule has 1 aliphatic rings. The van der Waals surface area contributed by atoms with Crippen molar-refractivity contribution in [2.75, 3.05) is 18.5 Å². The number of anilines is 2. The minimum Gasteiger partial charge on any atom is -0.371 e. The van der Waals surface area contributed by atoms with Crippen LogP contribution in [-0.4, -0.2) is 36.4 Å². The average Bonchev–Trinajstić information content (AvgIpc) is 3.13. The fourth-order valence-electron chi connectivity index (χ4n) is 2.50. The van der Waals surface area contributed by atoms with Gasteiger partial charge in [-0.05, 0) is 25.1 Å². The van der Waals surface area contributed by atoms with E-state index in [1.54, 1.807) is 6.07 Å². The summed E-state index contributed by atoms with van der Waals surface area (Å²) in [7, 11) is 0. The minimum atomic E-state index is -5.17. The number of aliphatic imine (C=N–C) groups is 1. The Morgan fingerprint density at radius 2 is 2.11 bits per heavy atom. The second-order valence-corrected chi connectivity index (χ2v) is 6.02. The van der Waals surface area contributed by atoms with E-state index in [1.807, 2.05) is 5.48 Å². The molecule has 0 saturated heterocycles. The number of ether oxygens (including phenoxy) is 1. The Kier molecular flexibility index (Phi) is 5.23. The molecule has 1 aromatic heterocycles. The first kappa shape index (κ1) is 19.6. The van der Waals surface area contributed by atoms with Crippen molar-refractivity contribution in [2.45, 2.75) is 18.6 Å². The summed E-state index contributed by atoms with van der Waals surface area (Å²) in [5.74, 6) is -2.84. The zero-order chi connectivity index (χ0) is 20.4. The third kappa shape index (κ3) is 4.39. The van der Waals surface area contributed by atoms with Gasteiger partial charge in [-0.1, -0.05) is 5.16 Å². The first-order valence-corrected chi connectivity index (χ1v) is 7.85. The van der Waals surface area contributed by atoms with Crippen LogP contribution in [0.2, 0.25) is 0 Å². The number of nitrogens with one attached hydrogen (secondary N) is 2. The summed E-state index contributed by atoms with van der Waals surface area (Å²) >= 11 is 0. The van der Waals surface area contributed by atoms with Gasteiger partial charge in [0.25, 0.3) is 0 Å². The maximum atomic E-state index is 14.4. The number of halogens is 4. The van der Waals surface area contributed by atoms with Crippen LogP contribution >= 0.6 is 0 Å². The van der Waals surface area contributed by atoms with Gasteiger partial charge in [-0.3, -0.25) is 4.99 Å². The summed E-state index contributed by atoms with van der Waals surface area (Å²) in [6.07, 6.45) is -3.81. The van der Waals surface area contributed by atoms with Crippen LogP contribution in [0.4, 0.5) is 29.1 Å². The van der Waals surface area contributed by atoms with E-state index < -0.39 is 23.5 Å². The SMILES string of the molecule is C[C@@]1(c2cc(Nc3ccon3)ccc2F)COCC(NOC(=O)C(F)(F)F)=N1. The van der Waals surface area contributed by atoms with Gasteiger partial charge in [-0.2, -0.15) is 13.2 Å². The monoisotopic (exact) mass is 402 g/mol. The molecule has 2 heterocycles. The third-order valence-electron chi connectivity index (χ3n) is 3.75. The molecule has 1 atom stereocenters. The van der Waals surface area contributed by atoms with Crippen molar-refractivity contribution in [3.63, 3.8) is 0 Å². The highest BCUT2D eigenvalue weighted by molar-refractivity contribution is 5.85. The molecule has 0 amide bonds. The number of nitrogens with zero attached hydrogens (tertiary/aromatic N) is 2. The summed E-state index contributed by atoms with van der Waals surface area (Å²) in [5, 5.41) is 6.59. The normalized spacial score (nSPS) is 19.7. The van der Waals surface area contributed by atoms with Crippen LogP contribution in [0.15, 0.2) is 40.0 Å². The lowest BCUT2D eigenvalue weighted by atomic mass is 9.92. The molecule has 0 bridgehead atoms. The van der Waals surface area contributed by atoms with Gasteiger partial charge in [-0.15, -0.1) is 0 Å². The van der Waals surface area contributed by atoms with Crippen molar-refractivity contribution >= 4 is 23.3 Å². The lowest BCUT2D eigenvalue weighted by Crippen LogP contribution is -2.43. The Balaban J connectivity index is 1.81. The molecule has 1 aromatic carbocycles. The molecule has 8 nitrogen and oxygen atoms in total. The third-order valence-corrected chi connectivity index (χ3v) is 3.75. The van der Waals surface area contributed by atoms with Crippen LogP contribution in [0, 0.1) is 5.82 Å². The maximum absolute atomic E-state index is 14.4. The van der Waals surface area contributed by atoms with Crippen LogP contribution in [0.3, 0.4) is 0 Å². The summed E-state index contributed by atoms with van der Waals surface area (Å²) < 4.78 is 61.1. The smallest absolute Gasteiger partial charge is 0.371 e. The lowest BCUT2D eigenvalue weighted by molar-refractivity contribution is -0.204. The van der Waals surface area contributed by atoms with Crippen molar-refractivity contribution in [1.82, 2.24) is 10.6 Å². The van der Waals surface area contributed by atoms with Crippen molar-refractivity contribution in [3.05, 3.63) is 41.9 Å². The Morgan fingerprint density at radius 3 is 2.79 bits per heavy atom. The molecule has 0 spiro atoms. The van der Waals surface area contributed by atoms with Gasteiger partial charge >= 0.3 is 12.1 Å². The number of alkyl halides is 3. The van der Waals surface area contributed by atoms with E-state index in [9.17, 15) is 22.4 Å². The standard InChI is InChI=1S/C16H14F4N4O4/c1-15(8-26-7-13(22-15)24-28-14(25)16(18,19)20)10-6-9(2-3-11(10)17)21-12-4-5-27-23-12/h2-6H,7-8H2,1H3,(H,21,23)(H,22,24)/t15-/m0/s1. The molecule has 150 valence electrons. The number of aromatic nitrogens is 1. The number of carbonyl (C=O) groups excluding carboxylic acids is 1. The second-order valence-electron chi connectivity index (χ2n) is 6.02. The molecule has 0 radical (unpaired) electrons. The van der Waals surface area contributed by atoms with Gasteiger partial charge < -0.3 is 19.4 Å². The van der Waals surface area contributed by atoms with Gasteiger partial charge in [0.2, 0.25) is 0 Å². The van der Waals surface area contributed by atoms with Crippen molar-refractivity contribution < 1.29 is 36.5 Å². The van der Waals surface area contributed by atoms with Crippen LogP contribution in [-0.2, 0) is 19.9 Å². The molecule has 12 heteroatoms. The van der Waals surface area contributed by atoms with Gasteiger partial charge in [0.1, 0.15) is 24.2 Å². The van der Waals surface area contributed by atoms with E-state index >= 15 is 0 Å². The number of carbonyl (C=O) groups is 1. The van der Waals surface area contributed by atoms with Crippen molar-refractivity contribution in [2.24, 2.45) is 4.99 Å². The summed E-state index contributed by atoms with van der Waals surface area (Å²) in [6, 6.07) is 5.68. The predicted octanol–water partition coefficient (Wildman–Crippen LogP) is 2.81. The fourth-order valence-corrected chi connectivity index (χ4v) is 2.50. The summed E-state index contributed by atoms with van der Waals surface area (Å²) in [5.41, 5.74) is 1.13. The zero-order valence-electron chi connectivity index (χ0n) is 14.3. The molecule has 0 saturated carbocycles. The molecule has 0 fully saturated rings. The highest BCUT2D eigenvalue weighted by Gasteiger charge is 2.42. The molecular weight excluding hydrogens is 388 g/mol. The van der Waals surface area contributed by atoms with E-state index in [0.29, 0.717) is 11.5 Å². The summed E-state index contributed by atoms with van der Waals surface area (Å²) in [4.78, 5) is 18.9. The van der Waals surface area contributed by atoms with E-state index in [0.717, 1.165) is 0 Å². The topological polar surface area (TPSA) is 98.0 Å². The van der Waals surface area contributed by atoms with Crippen LogP contribution in [0.5, 0.6) is 0 Å². The Morgan fingerprint density at radius 1 is 1.32 bits per heavy atom. The van der Waals surface area contributed by atoms with Gasteiger partial charge in [-0.25, -0.2) is 14.7 Å². The van der Waals surface area contributed by atoms with E-state index in [4.69, 9.17) is 9.26 Å². The molecule has 2 aromatic rings. The first-order valence-electron chi connectivity index (χ1n) is 7.85. The average molecular weight is 402 g/mol. The lowest BCUT2D eigenvalue weighted by Gasteiger charge is -2.31. The second kappa shape index (κ2) is 7.46. The van der Waals surface area contributed by atoms with Crippen molar-refractivity contribution in [1.29, 1.82) is 0 Å². The first-order chi connectivity index (χ1) is 13.2. The molecule has 1 aliphatic heterocycles. The van der Waals surface area contributed by atoms with E-state index in [1.165, 1.54) is 31.4 Å². The van der Waals surface area contributed by atoms with Crippen molar-refractivity contribution in [3.8, 4) is 0 Å². The molecular formula is C16H14F4N4O4. The van der Waals surface area contributed by atoms with E-state index in [-0.39, 0.29) is 24.6 Å². The number of amidine groups is 1. The fraction of sp³-hybridized carbons (Fsp3) is 0.312. The quantitative estimate of drug-likeness (QED) is 0.602. The van der Waals surface area contributed by atoms with Gasteiger partial charge in [0.05, 0.1) is 6.61 Å². The molecule has 28 heavy (non-hydrogen) atoms. The number of hydroxylamine groups is 1. The number of hydrogen-bond acceptors (Lipinski definition) is 8. The number of hydrogen-bond donors (Lipinski definition) is 2. The van der Waals surface area contributed by atoms with Gasteiger partial charge in [0, 0.05) is 17.3 Å². The highest BCUT2D eigenvalue weighted by Crippen LogP contribution is 2.33. The maximum Gasteiger partial charge on any atom is 0.493 e. The van der Waals surface area contributed by atoms with Crippen LogP contribution in [0.25, 0.3) is 0 Å². The summed E-state index contributed by atoms with van der Waals surface area (Å²) in [6.45, 7) is 1.24. The molecule has 0 unspecified atom stereocenters. The van der Waals surface area contributed by atoms with E-state index in [2.05, 4.69) is 20.3 Å². The van der Waals surface area contributed by atoms with Gasteiger partial charge in [0.15, 0.2) is 11.7 Å². The Bertz CT molecular complexity index is 885. The largest absolute Gasteiger partial charge is 0.493 e. The zero-order valence-corrected chi connectivity index (χ0v) is 14.3. The number of rotatable bonds is 3. The Labute approximate surface area is 155 Å². The number of benzene rings is 1. The van der Waals surface area contributed by atoms with Crippen LogP contribution < -0.4 is 10.8 Å². The molecule has 0 aliphatic carbocycles. The van der Waals surface area contributed by atoms with Crippen LogP contribution in [0.1, 0.15) is 12.5 Å². The minimum absolute atomic E-state index is 0.0459. The predicted molar refractivity (Wildman–Crippen MR) is 87.1 cm³/mol. The highest BCUT2D eigenvalue weighted by atomic mass is 19.4. The molecule has 3 rings (SSSR count).